The number of hydrogen-bond acceptors (Lipinski definition) is 4. The third kappa shape index (κ3) is 5.25. The number of epoxide rings is 1. The Kier molecular flexibility index (Phi) is 5.55. The van der Waals surface area contributed by atoms with Crippen molar-refractivity contribution in [2.24, 2.45) is 0 Å². The Bertz CT molecular complexity index is 176. The quantitative estimate of drug-likeness (QED) is 0.470. The summed E-state index contributed by atoms with van der Waals surface area (Å²) in [5.74, 6) is 0. The Hall–Kier alpha value is -0.160. The van der Waals surface area contributed by atoms with Crippen molar-refractivity contribution in [3.8, 4) is 0 Å². The fraction of sp³-hybridized carbons (Fsp3) is 1.00. The van der Waals surface area contributed by atoms with E-state index >= 15 is 0 Å². The summed E-state index contributed by atoms with van der Waals surface area (Å²) in [5.41, 5.74) is 0. The summed E-state index contributed by atoms with van der Waals surface area (Å²) in [7, 11) is 0. The van der Waals surface area contributed by atoms with E-state index in [-0.39, 0.29) is 6.29 Å². The van der Waals surface area contributed by atoms with Gasteiger partial charge >= 0.3 is 0 Å². The maximum atomic E-state index is 5.60. The van der Waals surface area contributed by atoms with Crippen molar-refractivity contribution in [1.82, 2.24) is 0 Å². The van der Waals surface area contributed by atoms with Gasteiger partial charge in [0.2, 0.25) is 0 Å². The zero-order valence-corrected chi connectivity index (χ0v) is 9.86. The summed E-state index contributed by atoms with van der Waals surface area (Å²) in [4.78, 5) is 0. The second-order valence-electron chi connectivity index (χ2n) is 4.38. The van der Waals surface area contributed by atoms with Crippen molar-refractivity contribution in [2.45, 2.75) is 44.5 Å². The van der Waals surface area contributed by atoms with Gasteiger partial charge in [-0.15, -0.1) is 0 Å². The van der Waals surface area contributed by atoms with Crippen LogP contribution in [0.3, 0.4) is 0 Å². The summed E-state index contributed by atoms with van der Waals surface area (Å²) in [6, 6.07) is 0. The van der Waals surface area contributed by atoms with Crippen LogP contribution in [0.15, 0.2) is 0 Å². The third-order valence-corrected chi connectivity index (χ3v) is 2.86. The molecule has 2 heterocycles. The molecule has 16 heavy (non-hydrogen) atoms. The van der Waals surface area contributed by atoms with Gasteiger partial charge in [0.15, 0.2) is 6.29 Å². The van der Waals surface area contributed by atoms with E-state index in [2.05, 4.69) is 0 Å². The largest absolute Gasteiger partial charge is 0.381 e. The molecule has 0 aromatic heterocycles. The van der Waals surface area contributed by atoms with Crippen molar-refractivity contribution >= 4 is 0 Å². The lowest BCUT2D eigenvalue weighted by atomic mass is 10.2. The van der Waals surface area contributed by atoms with E-state index in [1.165, 1.54) is 12.8 Å². The van der Waals surface area contributed by atoms with Gasteiger partial charge in [0.25, 0.3) is 0 Å². The van der Waals surface area contributed by atoms with Crippen LogP contribution in [0.1, 0.15) is 32.1 Å². The van der Waals surface area contributed by atoms with Gasteiger partial charge in [0, 0.05) is 19.8 Å². The van der Waals surface area contributed by atoms with Crippen LogP contribution >= 0.6 is 0 Å². The van der Waals surface area contributed by atoms with E-state index in [1.807, 2.05) is 0 Å². The molecule has 2 aliphatic rings. The number of rotatable bonds is 8. The highest BCUT2D eigenvalue weighted by atomic mass is 16.7. The summed E-state index contributed by atoms with van der Waals surface area (Å²) >= 11 is 0. The Morgan fingerprint density at radius 1 is 1.06 bits per heavy atom. The average Bonchev–Trinajstić information content (AvgIpc) is 3.13. The zero-order chi connectivity index (χ0) is 11.1. The number of ether oxygens (including phenoxy) is 4. The van der Waals surface area contributed by atoms with E-state index < -0.39 is 0 Å². The van der Waals surface area contributed by atoms with Gasteiger partial charge in [-0.2, -0.15) is 0 Å². The molecule has 0 spiro atoms. The average molecular weight is 230 g/mol. The Labute approximate surface area is 97.2 Å². The van der Waals surface area contributed by atoms with Gasteiger partial charge in [-0.1, -0.05) is 0 Å². The lowest BCUT2D eigenvalue weighted by molar-refractivity contribution is -0.164. The van der Waals surface area contributed by atoms with Gasteiger partial charge < -0.3 is 18.9 Å². The highest BCUT2D eigenvalue weighted by Gasteiger charge is 2.21. The molecule has 2 unspecified atom stereocenters. The molecule has 94 valence electrons. The predicted octanol–water partition coefficient (Wildman–Crippen LogP) is 1.73. The second kappa shape index (κ2) is 7.22. The van der Waals surface area contributed by atoms with Gasteiger partial charge in [-0.3, -0.25) is 0 Å². The fourth-order valence-corrected chi connectivity index (χ4v) is 1.77. The molecule has 2 aliphatic heterocycles. The lowest BCUT2D eigenvalue weighted by Gasteiger charge is -2.22. The van der Waals surface area contributed by atoms with Crippen LogP contribution in [0.25, 0.3) is 0 Å². The monoisotopic (exact) mass is 230 g/mol. The van der Waals surface area contributed by atoms with Crippen LogP contribution < -0.4 is 0 Å². The third-order valence-electron chi connectivity index (χ3n) is 2.86. The maximum absolute atomic E-state index is 5.60. The van der Waals surface area contributed by atoms with Crippen LogP contribution in [-0.2, 0) is 18.9 Å². The van der Waals surface area contributed by atoms with Crippen LogP contribution in [0.2, 0.25) is 0 Å². The van der Waals surface area contributed by atoms with Crippen LogP contribution in [-0.4, -0.2) is 45.4 Å². The summed E-state index contributed by atoms with van der Waals surface area (Å²) < 4.78 is 21.6. The first-order valence-electron chi connectivity index (χ1n) is 6.38. The molecule has 0 amide bonds. The van der Waals surface area contributed by atoms with Crippen molar-refractivity contribution in [3.63, 3.8) is 0 Å². The van der Waals surface area contributed by atoms with Crippen molar-refractivity contribution < 1.29 is 18.9 Å². The van der Waals surface area contributed by atoms with Crippen molar-refractivity contribution in [2.75, 3.05) is 33.0 Å². The minimum atomic E-state index is 0.0358. The lowest BCUT2D eigenvalue weighted by Crippen LogP contribution is -2.23. The van der Waals surface area contributed by atoms with Crippen molar-refractivity contribution in [1.29, 1.82) is 0 Å². The second-order valence-corrected chi connectivity index (χ2v) is 4.38. The predicted molar refractivity (Wildman–Crippen MR) is 59.3 cm³/mol. The Morgan fingerprint density at radius 3 is 2.75 bits per heavy atom. The molecule has 0 radical (unpaired) electrons. The van der Waals surface area contributed by atoms with Gasteiger partial charge in [-0.05, 0) is 32.1 Å². The Balaban J connectivity index is 1.33. The van der Waals surface area contributed by atoms with Gasteiger partial charge in [0.1, 0.15) is 0 Å². The van der Waals surface area contributed by atoms with Gasteiger partial charge in [-0.25, -0.2) is 0 Å². The van der Waals surface area contributed by atoms with E-state index in [4.69, 9.17) is 18.9 Å². The molecule has 2 rings (SSSR count). The molecule has 0 N–H and O–H groups in total. The van der Waals surface area contributed by atoms with Gasteiger partial charge in [0.05, 0.1) is 19.3 Å². The topological polar surface area (TPSA) is 40.2 Å². The first kappa shape index (κ1) is 12.3. The standard InChI is InChI=1S/C12H22O4/c1-2-7-14-12(4-1)15-8-3-6-13-9-5-11-10-16-11/h11-12H,1-10H2. The van der Waals surface area contributed by atoms with Crippen LogP contribution in [0.5, 0.6) is 0 Å². The zero-order valence-electron chi connectivity index (χ0n) is 9.86. The molecule has 2 atom stereocenters. The summed E-state index contributed by atoms with van der Waals surface area (Å²) in [6.07, 6.45) is 5.94. The normalized spacial score (nSPS) is 29.2. The SMILES string of the molecule is C1CCC(OCCCOCCC2CO2)OC1. The molecule has 4 heteroatoms. The molecule has 0 saturated carbocycles. The highest BCUT2D eigenvalue weighted by Crippen LogP contribution is 2.14. The van der Waals surface area contributed by atoms with E-state index in [0.717, 1.165) is 52.3 Å². The molecular formula is C12H22O4. The minimum Gasteiger partial charge on any atom is -0.381 e. The molecule has 0 aromatic carbocycles. The van der Waals surface area contributed by atoms with E-state index in [0.29, 0.717) is 6.10 Å². The highest BCUT2D eigenvalue weighted by molar-refractivity contribution is 4.67. The summed E-state index contributed by atoms with van der Waals surface area (Å²) in [6.45, 7) is 4.10. The smallest absolute Gasteiger partial charge is 0.157 e. The first-order valence-corrected chi connectivity index (χ1v) is 6.38. The molecule has 0 aliphatic carbocycles. The maximum Gasteiger partial charge on any atom is 0.157 e. The van der Waals surface area contributed by atoms with Crippen LogP contribution in [0, 0.1) is 0 Å². The molecule has 2 saturated heterocycles. The minimum absolute atomic E-state index is 0.0358. The van der Waals surface area contributed by atoms with E-state index in [1.54, 1.807) is 0 Å². The molecular weight excluding hydrogens is 208 g/mol. The van der Waals surface area contributed by atoms with E-state index in [9.17, 15) is 0 Å². The molecule has 2 fully saturated rings. The van der Waals surface area contributed by atoms with Crippen LogP contribution in [0.4, 0.5) is 0 Å². The summed E-state index contributed by atoms with van der Waals surface area (Å²) in [5, 5.41) is 0. The fourth-order valence-electron chi connectivity index (χ4n) is 1.77. The Morgan fingerprint density at radius 2 is 2.00 bits per heavy atom. The van der Waals surface area contributed by atoms with Crippen molar-refractivity contribution in [3.05, 3.63) is 0 Å². The molecule has 0 aromatic rings. The molecule has 0 bridgehead atoms. The number of hydrogen-bond donors (Lipinski definition) is 0. The molecule has 4 nitrogen and oxygen atoms in total. The first-order chi connectivity index (χ1) is 7.95.